The molecular weight excluding hydrogens is 400 g/mol. The van der Waals surface area contributed by atoms with Crippen LogP contribution in [0.2, 0.25) is 0 Å². The molecule has 33 heavy (non-hydrogen) atoms. The molecule has 3 aromatic heterocycles. The number of aromatic nitrogens is 2. The Labute approximate surface area is 192 Å². The molecule has 3 heterocycles. The lowest BCUT2D eigenvalue weighted by Gasteiger charge is -2.19. The molecule has 0 spiro atoms. The Morgan fingerprint density at radius 3 is 2.24 bits per heavy atom. The summed E-state index contributed by atoms with van der Waals surface area (Å²) in [6, 6.07) is 30.8. The SMILES string of the molecule is CC(C)(C)c1ccc2c(ccc3c4c(-c5ccccc5)ncc5c6ccccc6n(c23)c54)c1. The summed E-state index contributed by atoms with van der Waals surface area (Å²) in [6.07, 6.45) is 2.06. The van der Waals surface area contributed by atoms with Crippen LogP contribution in [0.25, 0.3) is 60.1 Å². The van der Waals surface area contributed by atoms with E-state index in [4.69, 9.17) is 4.98 Å². The summed E-state index contributed by atoms with van der Waals surface area (Å²) in [5.74, 6) is 0. The molecule has 4 aromatic carbocycles. The minimum Gasteiger partial charge on any atom is -0.307 e. The van der Waals surface area contributed by atoms with Crippen molar-refractivity contribution in [1.29, 1.82) is 0 Å². The zero-order valence-electron chi connectivity index (χ0n) is 19.1. The first kappa shape index (κ1) is 18.6. The first-order valence-corrected chi connectivity index (χ1v) is 11.6. The van der Waals surface area contributed by atoms with E-state index in [0.29, 0.717) is 0 Å². The summed E-state index contributed by atoms with van der Waals surface area (Å²) >= 11 is 0. The molecule has 2 heteroatoms. The van der Waals surface area contributed by atoms with Crippen LogP contribution in [0.3, 0.4) is 0 Å². The third-order valence-electron chi connectivity index (χ3n) is 7.11. The molecule has 0 aliphatic rings. The number of rotatable bonds is 1. The molecule has 0 unspecified atom stereocenters. The van der Waals surface area contributed by atoms with Gasteiger partial charge in [0, 0.05) is 38.7 Å². The van der Waals surface area contributed by atoms with E-state index in [1.165, 1.54) is 54.4 Å². The van der Waals surface area contributed by atoms with Crippen LogP contribution in [0.1, 0.15) is 26.3 Å². The van der Waals surface area contributed by atoms with Crippen LogP contribution in [0.15, 0.2) is 91.1 Å². The van der Waals surface area contributed by atoms with Gasteiger partial charge in [-0.15, -0.1) is 0 Å². The maximum absolute atomic E-state index is 5.02. The van der Waals surface area contributed by atoms with Gasteiger partial charge in [-0.05, 0) is 22.4 Å². The van der Waals surface area contributed by atoms with Crippen LogP contribution >= 0.6 is 0 Å². The number of hydrogen-bond donors (Lipinski definition) is 0. The lowest BCUT2D eigenvalue weighted by atomic mass is 9.85. The lowest BCUT2D eigenvalue weighted by Crippen LogP contribution is -2.10. The van der Waals surface area contributed by atoms with Gasteiger partial charge < -0.3 is 4.40 Å². The van der Waals surface area contributed by atoms with Crippen LogP contribution in [0.5, 0.6) is 0 Å². The summed E-state index contributed by atoms with van der Waals surface area (Å²) in [7, 11) is 0. The van der Waals surface area contributed by atoms with Gasteiger partial charge in [0.1, 0.15) is 0 Å². The van der Waals surface area contributed by atoms with Gasteiger partial charge in [0.25, 0.3) is 0 Å². The van der Waals surface area contributed by atoms with Gasteiger partial charge in [0.2, 0.25) is 0 Å². The summed E-state index contributed by atoms with van der Waals surface area (Å²) in [6.45, 7) is 6.83. The van der Waals surface area contributed by atoms with E-state index in [-0.39, 0.29) is 5.41 Å². The maximum Gasteiger partial charge on any atom is 0.0802 e. The fraction of sp³-hybridized carbons (Fsp3) is 0.129. The predicted molar refractivity (Wildman–Crippen MR) is 141 cm³/mol. The smallest absolute Gasteiger partial charge is 0.0802 e. The van der Waals surface area contributed by atoms with Crippen molar-refractivity contribution in [3.63, 3.8) is 0 Å². The van der Waals surface area contributed by atoms with Gasteiger partial charge >= 0.3 is 0 Å². The van der Waals surface area contributed by atoms with Crippen molar-refractivity contribution in [2.45, 2.75) is 26.2 Å². The van der Waals surface area contributed by atoms with E-state index >= 15 is 0 Å². The third-order valence-corrected chi connectivity index (χ3v) is 7.11. The van der Waals surface area contributed by atoms with E-state index in [1.54, 1.807) is 0 Å². The molecule has 0 aliphatic carbocycles. The van der Waals surface area contributed by atoms with Gasteiger partial charge in [0.15, 0.2) is 0 Å². The molecule has 7 rings (SSSR count). The lowest BCUT2D eigenvalue weighted by molar-refractivity contribution is 0.591. The van der Waals surface area contributed by atoms with Gasteiger partial charge in [-0.2, -0.15) is 0 Å². The number of nitrogens with zero attached hydrogens (tertiary/aromatic N) is 2. The summed E-state index contributed by atoms with van der Waals surface area (Å²) in [5.41, 5.74) is 7.48. The van der Waals surface area contributed by atoms with Crippen LogP contribution in [-0.2, 0) is 5.41 Å². The third kappa shape index (κ3) is 2.46. The number of pyridine rings is 1. The molecule has 0 aliphatic heterocycles. The Bertz CT molecular complexity index is 1830. The number of para-hydroxylation sites is 1. The van der Waals surface area contributed by atoms with E-state index < -0.39 is 0 Å². The molecular formula is C31H24N2. The van der Waals surface area contributed by atoms with Crippen molar-refractivity contribution >= 4 is 48.9 Å². The van der Waals surface area contributed by atoms with E-state index in [9.17, 15) is 0 Å². The fourth-order valence-corrected chi connectivity index (χ4v) is 5.47. The molecule has 0 saturated heterocycles. The molecule has 7 aromatic rings. The van der Waals surface area contributed by atoms with Crippen molar-refractivity contribution in [3.8, 4) is 11.3 Å². The highest BCUT2D eigenvalue weighted by Crippen LogP contribution is 2.44. The van der Waals surface area contributed by atoms with Crippen molar-refractivity contribution in [1.82, 2.24) is 9.38 Å². The zero-order valence-corrected chi connectivity index (χ0v) is 19.1. The molecule has 0 radical (unpaired) electrons. The number of hydrogen-bond acceptors (Lipinski definition) is 1. The summed E-state index contributed by atoms with van der Waals surface area (Å²) < 4.78 is 2.47. The molecule has 2 nitrogen and oxygen atoms in total. The standard InChI is InChI=1S/C31H24N2/c1-31(2,3)21-14-16-22-20(17-21)13-15-24-27-28(19-9-5-4-6-10-19)32-18-25-23-11-7-8-12-26(23)33(29(22)24)30(25)27/h4-18H,1-3H3. The Hall–Kier alpha value is -3.91. The van der Waals surface area contributed by atoms with E-state index in [0.717, 1.165) is 11.3 Å². The minimum absolute atomic E-state index is 0.119. The van der Waals surface area contributed by atoms with Gasteiger partial charge in [-0.25, -0.2) is 0 Å². The molecule has 0 saturated carbocycles. The topological polar surface area (TPSA) is 17.3 Å². The summed E-state index contributed by atoms with van der Waals surface area (Å²) in [5, 5.41) is 7.56. The second-order valence-corrected chi connectivity index (χ2v) is 10.1. The van der Waals surface area contributed by atoms with Crippen molar-refractivity contribution in [3.05, 3.63) is 96.7 Å². The van der Waals surface area contributed by atoms with Gasteiger partial charge in [-0.1, -0.05) is 99.6 Å². The highest BCUT2D eigenvalue weighted by atomic mass is 14.9. The quantitative estimate of drug-likeness (QED) is 0.259. The van der Waals surface area contributed by atoms with Crippen molar-refractivity contribution < 1.29 is 0 Å². The number of fused-ring (bicyclic) bond motifs is 8. The minimum atomic E-state index is 0.119. The summed E-state index contributed by atoms with van der Waals surface area (Å²) in [4.78, 5) is 5.02. The number of benzene rings is 4. The second kappa shape index (κ2) is 6.32. The van der Waals surface area contributed by atoms with Crippen LogP contribution < -0.4 is 0 Å². The van der Waals surface area contributed by atoms with E-state index in [1.807, 2.05) is 0 Å². The van der Waals surface area contributed by atoms with Crippen LogP contribution in [0.4, 0.5) is 0 Å². The monoisotopic (exact) mass is 424 g/mol. The van der Waals surface area contributed by atoms with Crippen molar-refractivity contribution in [2.75, 3.05) is 0 Å². The Kier molecular flexibility index (Phi) is 3.57. The van der Waals surface area contributed by atoms with Gasteiger partial charge in [0.05, 0.1) is 22.2 Å². The average Bonchev–Trinajstić information content (AvgIpc) is 3.35. The average molecular weight is 425 g/mol. The molecule has 158 valence electrons. The molecule has 0 fully saturated rings. The highest BCUT2D eigenvalue weighted by Gasteiger charge is 2.23. The Morgan fingerprint density at radius 2 is 1.42 bits per heavy atom. The zero-order chi connectivity index (χ0) is 22.3. The molecule has 0 atom stereocenters. The molecule has 0 amide bonds. The molecule has 0 N–H and O–H groups in total. The van der Waals surface area contributed by atoms with Gasteiger partial charge in [-0.3, -0.25) is 4.98 Å². The predicted octanol–water partition coefficient (Wildman–Crippen LogP) is 8.35. The Morgan fingerprint density at radius 1 is 0.667 bits per heavy atom. The fourth-order valence-electron chi connectivity index (χ4n) is 5.47. The highest BCUT2D eigenvalue weighted by molar-refractivity contribution is 6.29. The largest absolute Gasteiger partial charge is 0.307 e. The molecule has 0 bridgehead atoms. The maximum atomic E-state index is 5.02. The van der Waals surface area contributed by atoms with E-state index in [2.05, 4.69) is 116 Å². The van der Waals surface area contributed by atoms with Crippen molar-refractivity contribution in [2.24, 2.45) is 0 Å². The second-order valence-electron chi connectivity index (χ2n) is 10.1. The first-order chi connectivity index (χ1) is 16.0. The Balaban J connectivity index is 1.74. The first-order valence-electron chi connectivity index (χ1n) is 11.6. The van der Waals surface area contributed by atoms with Crippen LogP contribution in [-0.4, -0.2) is 9.38 Å². The normalized spacial score (nSPS) is 12.7. The van der Waals surface area contributed by atoms with Crippen LogP contribution in [0, 0.1) is 0 Å².